The molecule has 1 aromatic carbocycles. The van der Waals surface area contributed by atoms with Gasteiger partial charge in [-0.05, 0) is 32.9 Å². The SMILES string of the molecule is CCOC(=O)C(C)C(C)Nc1cc(C#N)c2cc([N+](=O)[O-])ccc2n1. The van der Waals surface area contributed by atoms with E-state index in [9.17, 15) is 20.2 Å². The zero-order valence-electron chi connectivity index (χ0n) is 14.1. The lowest BCUT2D eigenvalue weighted by molar-refractivity contribution is -0.384. The molecule has 2 atom stereocenters. The van der Waals surface area contributed by atoms with E-state index >= 15 is 0 Å². The third kappa shape index (κ3) is 4.01. The Balaban J connectivity index is 2.34. The molecule has 2 rings (SSSR count). The van der Waals surface area contributed by atoms with Gasteiger partial charge in [-0.2, -0.15) is 5.26 Å². The molecule has 2 aromatic rings. The van der Waals surface area contributed by atoms with Crippen LogP contribution in [0.2, 0.25) is 0 Å². The third-order valence-corrected chi connectivity index (χ3v) is 3.91. The van der Waals surface area contributed by atoms with E-state index in [0.29, 0.717) is 23.3 Å². The number of ether oxygens (including phenoxy) is 1. The fourth-order valence-corrected chi connectivity index (χ4v) is 2.33. The van der Waals surface area contributed by atoms with Gasteiger partial charge in [0.1, 0.15) is 5.82 Å². The number of esters is 1. The van der Waals surface area contributed by atoms with Crippen molar-refractivity contribution in [3.8, 4) is 6.07 Å². The quantitative estimate of drug-likeness (QED) is 0.487. The minimum atomic E-state index is -0.518. The highest BCUT2D eigenvalue weighted by molar-refractivity contribution is 5.88. The number of fused-ring (bicyclic) bond motifs is 1. The monoisotopic (exact) mass is 342 g/mol. The first kappa shape index (κ1) is 18.1. The number of benzene rings is 1. The summed E-state index contributed by atoms with van der Waals surface area (Å²) in [6.07, 6.45) is 0. The van der Waals surface area contributed by atoms with Gasteiger partial charge in [-0.3, -0.25) is 14.9 Å². The normalized spacial score (nSPS) is 12.9. The molecule has 1 N–H and O–H groups in total. The number of nitro benzene ring substituents is 1. The summed E-state index contributed by atoms with van der Waals surface area (Å²) in [5, 5.41) is 23.7. The van der Waals surface area contributed by atoms with Crippen LogP contribution in [0.5, 0.6) is 0 Å². The van der Waals surface area contributed by atoms with Crippen LogP contribution in [0.15, 0.2) is 24.3 Å². The van der Waals surface area contributed by atoms with E-state index in [1.165, 1.54) is 24.3 Å². The van der Waals surface area contributed by atoms with Crippen molar-refractivity contribution >= 4 is 28.4 Å². The van der Waals surface area contributed by atoms with Crippen LogP contribution in [0, 0.1) is 27.4 Å². The summed E-state index contributed by atoms with van der Waals surface area (Å²) in [6.45, 7) is 5.61. The van der Waals surface area contributed by atoms with Gasteiger partial charge in [0.25, 0.3) is 5.69 Å². The van der Waals surface area contributed by atoms with Gasteiger partial charge in [-0.15, -0.1) is 0 Å². The summed E-state index contributed by atoms with van der Waals surface area (Å²) >= 11 is 0. The van der Waals surface area contributed by atoms with Gasteiger partial charge in [0.2, 0.25) is 0 Å². The second-order valence-corrected chi connectivity index (χ2v) is 5.60. The summed E-state index contributed by atoms with van der Waals surface area (Å²) in [6, 6.07) is 7.44. The Morgan fingerprint density at radius 1 is 1.44 bits per heavy atom. The van der Waals surface area contributed by atoms with Crippen molar-refractivity contribution in [1.82, 2.24) is 4.98 Å². The number of aromatic nitrogens is 1. The molecule has 0 aliphatic rings. The topological polar surface area (TPSA) is 118 Å². The molecule has 8 nitrogen and oxygen atoms in total. The molecule has 0 saturated heterocycles. The van der Waals surface area contributed by atoms with Crippen molar-refractivity contribution in [3.05, 3.63) is 39.9 Å². The molecule has 0 radical (unpaired) electrons. The van der Waals surface area contributed by atoms with Crippen molar-refractivity contribution in [3.63, 3.8) is 0 Å². The summed E-state index contributed by atoms with van der Waals surface area (Å²) < 4.78 is 5.00. The lowest BCUT2D eigenvalue weighted by Crippen LogP contribution is -2.31. The molecule has 1 heterocycles. The molecule has 0 spiro atoms. The minimum Gasteiger partial charge on any atom is -0.466 e. The number of rotatable bonds is 6. The Kier molecular flexibility index (Phi) is 5.49. The van der Waals surface area contributed by atoms with E-state index in [0.717, 1.165) is 0 Å². The number of nitro groups is 1. The smallest absolute Gasteiger partial charge is 0.310 e. The summed E-state index contributed by atoms with van der Waals surface area (Å²) in [5.74, 6) is -0.305. The highest BCUT2D eigenvalue weighted by Gasteiger charge is 2.22. The van der Waals surface area contributed by atoms with Crippen LogP contribution >= 0.6 is 0 Å². The standard InChI is InChI=1S/C17H18N4O4/c1-4-25-17(22)10(2)11(3)19-16-7-12(9-18)14-8-13(21(23)24)5-6-15(14)20-16/h5-8,10-11H,4H2,1-3H3,(H,19,20). The van der Waals surface area contributed by atoms with Crippen LogP contribution in [-0.4, -0.2) is 28.5 Å². The van der Waals surface area contributed by atoms with E-state index in [4.69, 9.17) is 4.74 Å². The maximum absolute atomic E-state index is 11.8. The Hall–Kier alpha value is -3.21. The number of carbonyl (C=O) groups excluding carboxylic acids is 1. The first-order valence-corrected chi connectivity index (χ1v) is 7.79. The molecule has 2 unspecified atom stereocenters. The Labute approximate surface area is 144 Å². The summed E-state index contributed by atoms with van der Waals surface area (Å²) in [5.41, 5.74) is 0.631. The van der Waals surface area contributed by atoms with E-state index in [-0.39, 0.29) is 23.3 Å². The van der Waals surface area contributed by atoms with E-state index in [1.54, 1.807) is 13.8 Å². The molecule has 25 heavy (non-hydrogen) atoms. The molecule has 0 saturated carbocycles. The second kappa shape index (κ2) is 7.57. The molecule has 130 valence electrons. The Morgan fingerprint density at radius 2 is 2.16 bits per heavy atom. The van der Waals surface area contributed by atoms with Crippen LogP contribution in [0.25, 0.3) is 10.9 Å². The zero-order chi connectivity index (χ0) is 18.6. The maximum Gasteiger partial charge on any atom is 0.310 e. The second-order valence-electron chi connectivity index (χ2n) is 5.60. The number of hydrogen-bond acceptors (Lipinski definition) is 7. The molecule has 0 aliphatic carbocycles. The average Bonchev–Trinajstić information content (AvgIpc) is 2.59. The first-order chi connectivity index (χ1) is 11.9. The Bertz CT molecular complexity index is 860. The van der Waals surface area contributed by atoms with Gasteiger partial charge in [0.15, 0.2) is 0 Å². The van der Waals surface area contributed by atoms with Gasteiger partial charge in [0, 0.05) is 23.6 Å². The number of hydrogen-bond donors (Lipinski definition) is 1. The van der Waals surface area contributed by atoms with Crippen LogP contribution in [0.1, 0.15) is 26.3 Å². The first-order valence-electron chi connectivity index (χ1n) is 7.79. The maximum atomic E-state index is 11.8. The average molecular weight is 342 g/mol. The molecule has 0 amide bonds. The number of nitriles is 1. The van der Waals surface area contributed by atoms with Crippen LogP contribution in [-0.2, 0) is 9.53 Å². The van der Waals surface area contributed by atoms with E-state index in [2.05, 4.69) is 10.3 Å². The number of non-ortho nitro benzene ring substituents is 1. The van der Waals surface area contributed by atoms with Crippen LogP contribution in [0.3, 0.4) is 0 Å². The molecular formula is C17H18N4O4. The number of anilines is 1. The number of nitrogens with one attached hydrogen (secondary N) is 1. The van der Waals surface area contributed by atoms with Gasteiger partial charge in [-0.1, -0.05) is 0 Å². The third-order valence-electron chi connectivity index (χ3n) is 3.91. The lowest BCUT2D eigenvalue weighted by Gasteiger charge is -2.20. The van der Waals surface area contributed by atoms with Crippen LogP contribution < -0.4 is 5.32 Å². The summed E-state index contributed by atoms with van der Waals surface area (Å²) in [7, 11) is 0. The van der Waals surface area contributed by atoms with Crippen molar-refractivity contribution in [1.29, 1.82) is 5.26 Å². The largest absolute Gasteiger partial charge is 0.466 e. The highest BCUT2D eigenvalue weighted by Crippen LogP contribution is 2.25. The molecular weight excluding hydrogens is 324 g/mol. The number of carbonyl (C=O) groups is 1. The van der Waals surface area contributed by atoms with E-state index < -0.39 is 10.8 Å². The zero-order valence-corrected chi connectivity index (χ0v) is 14.1. The van der Waals surface area contributed by atoms with Crippen LogP contribution in [0.4, 0.5) is 11.5 Å². The predicted octanol–water partition coefficient (Wildman–Crippen LogP) is 3.01. The molecule has 0 fully saturated rings. The molecule has 0 bridgehead atoms. The summed E-state index contributed by atoms with van der Waals surface area (Å²) in [4.78, 5) is 26.6. The van der Waals surface area contributed by atoms with E-state index in [1.807, 2.05) is 13.0 Å². The lowest BCUT2D eigenvalue weighted by atomic mass is 10.0. The number of nitrogens with zero attached hydrogens (tertiary/aromatic N) is 3. The predicted molar refractivity (Wildman–Crippen MR) is 92.0 cm³/mol. The molecule has 0 aliphatic heterocycles. The fraction of sp³-hybridized carbons (Fsp3) is 0.353. The van der Waals surface area contributed by atoms with Crippen molar-refractivity contribution in [2.45, 2.75) is 26.8 Å². The van der Waals surface area contributed by atoms with Gasteiger partial charge in [-0.25, -0.2) is 4.98 Å². The van der Waals surface area contributed by atoms with Gasteiger partial charge in [0.05, 0.1) is 34.6 Å². The van der Waals surface area contributed by atoms with Crippen molar-refractivity contribution < 1.29 is 14.5 Å². The van der Waals surface area contributed by atoms with Crippen molar-refractivity contribution in [2.24, 2.45) is 5.92 Å². The molecule has 8 heteroatoms. The highest BCUT2D eigenvalue weighted by atomic mass is 16.6. The number of pyridine rings is 1. The van der Waals surface area contributed by atoms with Gasteiger partial charge >= 0.3 is 5.97 Å². The minimum absolute atomic E-state index is 0.101. The van der Waals surface area contributed by atoms with Crippen molar-refractivity contribution in [2.75, 3.05) is 11.9 Å². The Morgan fingerprint density at radius 3 is 2.76 bits per heavy atom. The van der Waals surface area contributed by atoms with Gasteiger partial charge < -0.3 is 10.1 Å². The molecule has 1 aromatic heterocycles. The fourth-order valence-electron chi connectivity index (χ4n) is 2.33.